The van der Waals surface area contributed by atoms with Crippen molar-refractivity contribution in [3.8, 4) is 0 Å². The molecule has 0 amide bonds. The summed E-state index contributed by atoms with van der Waals surface area (Å²) in [5.41, 5.74) is 2.98. The number of rotatable bonds is 5. The van der Waals surface area contributed by atoms with Crippen molar-refractivity contribution in [3.63, 3.8) is 0 Å². The summed E-state index contributed by atoms with van der Waals surface area (Å²) < 4.78 is 0. The van der Waals surface area contributed by atoms with Gasteiger partial charge in [-0.25, -0.2) is 0 Å². The van der Waals surface area contributed by atoms with Crippen molar-refractivity contribution in [2.24, 2.45) is 0 Å². The van der Waals surface area contributed by atoms with Gasteiger partial charge in [0.15, 0.2) is 0 Å². The maximum atomic E-state index is 9.46. The number of hydrogen-bond acceptors (Lipinski definition) is 3. The summed E-state index contributed by atoms with van der Waals surface area (Å²) >= 11 is 0. The third-order valence-electron chi connectivity index (χ3n) is 3.78. The van der Waals surface area contributed by atoms with Gasteiger partial charge < -0.3 is 15.3 Å². The van der Waals surface area contributed by atoms with Crippen molar-refractivity contribution < 1.29 is 5.11 Å². The molecule has 0 radical (unpaired) electrons. The number of aliphatic hydroxyl groups is 1. The van der Waals surface area contributed by atoms with Crippen LogP contribution < -0.4 is 5.32 Å². The van der Waals surface area contributed by atoms with Crippen molar-refractivity contribution >= 4 is 0 Å². The highest BCUT2D eigenvalue weighted by Crippen LogP contribution is 2.15. The van der Waals surface area contributed by atoms with Crippen LogP contribution in [0.15, 0.2) is 24.3 Å². The highest BCUT2D eigenvalue weighted by molar-refractivity contribution is 5.28. The van der Waals surface area contributed by atoms with Crippen LogP contribution in [-0.4, -0.2) is 48.3 Å². The highest BCUT2D eigenvalue weighted by atomic mass is 16.3. The molecule has 106 valence electrons. The van der Waals surface area contributed by atoms with Crippen LogP contribution in [0, 0.1) is 0 Å². The maximum Gasteiger partial charge on any atom is 0.0597 e. The van der Waals surface area contributed by atoms with Gasteiger partial charge in [0.1, 0.15) is 0 Å². The molecule has 0 fully saturated rings. The van der Waals surface area contributed by atoms with Crippen LogP contribution >= 0.6 is 0 Å². The second kappa shape index (κ2) is 7.04. The molecule has 1 unspecified atom stereocenters. The Kier molecular flexibility index (Phi) is 5.37. The summed E-state index contributed by atoms with van der Waals surface area (Å²) in [6, 6.07) is 9.35. The lowest BCUT2D eigenvalue weighted by Crippen LogP contribution is -2.46. The number of benzene rings is 1. The standard InChI is InChI=1S/C16H26N2O/c1-13(2)17-16(12-19)11-18-9-7-14-5-3-4-6-15(14)8-10-18/h3-6,13,16-17,19H,7-12H2,1-2H3. The van der Waals surface area contributed by atoms with E-state index in [2.05, 4.69) is 48.3 Å². The Morgan fingerprint density at radius 2 is 1.74 bits per heavy atom. The Hall–Kier alpha value is -0.900. The maximum absolute atomic E-state index is 9.46. The Bertz CT molecular complexity index is 365. The number of nitrogens with one attached hydrogen (secondary N) is 1. The van der Waals surface area contributed by atoms with Crippen molar-refractivity contribution in [2.75, 3.05) is 26.2 Å². The van der Waals surface area contributed by atoms with E-state index in [0.29, 0.717) is 6.04 Å². The first-order chi connectivity index (χ1) is 9.19. The number of nitrogens with zero attached hydrogens (tertiary/aromatic N) is 1. The molecule has 1 aliphatic heterocycles. The first-order valence-corrected chi connectivity index (χ1v) is 7.35. The van der Waals surface area contributed by atoms with Gasteiger partial charge in [-0.3, -0.25) is 0 Å². The summed E-state index contributed by atoms with van der Waals surface area (Å²) in [5.74, 6) is 0. The Balaban J connectivity index is 1.90. The molecule has 0 spiro atoms. The van der Waals surface area contributed by atoms with Crippen molar-refractivity contribution in [3.05, 3.63) is 35.4 Å². The molecule has 0 saturated heterocycles. The minimum Gasteiger partial charge on any atom is -0.395 e. The minimum atomic E-state index is 0.182. The lowest BCUT2D eigenvalue weighted by atomic mass is 10.0. The normalized spacial score (nSPS) is 18.1. The number of hydrogen-bond donors (Lipinski definition) is 2. The Morgan fingerprint density at radius 3 is 2.21 bits per heavy atom. The number of fused-ring (bicyclic) bond motifs is 1. The quantitative estimate of drug-likeness (QED) is 0.843. The molecule has 0 aromatic heterocycles. The van der Waals surface area contributed by atoms with E-state index >= 15 is 0 Å². The van der Waals surface area contributed by atoms with E-state index in [9.17, 15) is 5.11 Å². The summed E-state index contributed by atoms with van der Waals surface area (Å²) in [5, 5.41) is 12.9. The molecule has 1 aromatic rings. The summed E-state index contributed by atoms with van der Waals surface area (Å²) in [6.45, 7) is 7.58. The highest BCUT2D eigenvalue weighted by Gasteiger charge is 2.17. The van der Waals surface area contributed by atoms with Crippen LogP contribution in [0.4, 0.5) is 0 Å². The lowest BCUT2D eigenvalue weighted by molar-refractivity contribution is 0.179. The average Bonchev–Trinajstić information content (AvgIpc) is 2.60. The summed E-state index contributed by atoms with van der Waals surface area (Å²) in [6.07, 6.45) is 2.24. The van der Waals surface area contributed by atoms with E-state index in [0.717, 1.165) is 32.5 Å². The largest absolute Gasteiger partial charge is 0.395 e. The molecule has 1 aliphatic rings. The van der Waals surface area contributed by atoms with Crippen LogP contribution in [0.25, 0.3) is 0 Å². The zero-order valence-electron chi connectivity index (χ0n) is 12.1. The molecule has 3 heteroatoms. The lowest BCUT2D eigenvalue weighted by Gasteiger charge is -2.27. The molecule has 0 aliphatic carbocycles. The Morgan fingerprint density at radius 1 is 1.16 bits per heavy atom. The monoisotopic (exact) mass is 262 g/mol. The molecular formula is C16H26N2O. The third kappa shape index (κ3) is 4.30. The molecule has 3 nitrogen and oxygen atoms in total. The molecule has 1 aromatic carbocycles. The van der Waals surface area contributed by atoms with Crippen molar-refractivity contribution in [2.45, 2.75) is 38.8 Å². The van der Waals surface area contributed by atoms with E-state index in [1.807, 2.05) is 0 Å². The van der Waals surface area contributed by atoms with E-state index < -0.39 is 0 Å². The van der Waals surface area contributed by atoms with Gasteiger partial charge in [0.2, 0.25) is 0 Å². The SMILES string of the molecule is CC(C)NC(CO)CN1CCc2ccccc2CC1. The fourth-order valence-electron chi connectivity index (χ4n) is 2.84. The molecule has 2 N–H and O–H groups in total. The molecule has 1 heterocycles. The van der Waals surface area contributed by atoms with Crippen LogP contribution in [-0.2, 0) is 12.8 Å². The van der Waals surface area contributed by atoms with Gasteiger partial charge in [0.25, 0.3) is 0 Å². The van der Waals surface area contributed by atoms with Crippen molar-refractivity contribution in [1.29, 1.82) is 0 Å². The van der Waals surface area contributed by atoms with Gasteiger partial charge in [-0.15, -0.1) is 0 Å². The van der Waals surface area contributed by atoms with Gasteiger partial charge in [0, 0.05) is 31.7 Å². The molecule has 0 saturated carbocycles. The Labute approximate surface area is 116 Å². The van der Waals surface area contributed by atoms with E-state index in [4.69, 9.17) is 0 Å². The minimum absolute atomic E-state index is 0.182. The average molecular weight is 262 g/mol. The fraction of sp³-hybridized carbons (Fsp3) is 0.625. The summed E-state index contributed by atoms with van der Waals surface area (Å²) in [7, 11) is 0. The van der Waals surface area contributed by atoms with Crippen LogP contribution in [0.2, 0.25) is 0 Å². The van der Waals surface area contributed by atoms with Gasteiger partial charge in [-0.1, -0.05) is 38.1 Å². The molecular weight excluding hydrogens is 236 g/mol. The smallest absolute Gasteiger partial charge is 0.0597 e. The summed E-state index contributed by atoms with van der Waals surface area (Å²) in [4.78, 5) is 2.47. The topological polar surface area (TPSA) is 35.5 Å². The second-order valence-electron chi connectivity index (χ2n) is 5.77. The van der Waals surface area contributed by atoms with Crippen LogP contribution in [0.5, 0.6) is 0 Å². The molecule has 2 rings (SSSR count). The van der Waals surface area contributed by atoms with Crippen LogP contribution in [0.1, 0.15) is 25.0 Å². The first kappa shape index (κ1) is 14.5. The zero-order valence-corrected chi connectivity index (χ0v) is 12.1. The molecule has 19 heavy (non-hydrogen) atoms. The van der Waals surface area contributed by atoms with E-state index in [-0.39, 0.29) is 12.6 Å². The first-order valence-electron chi connectivity index (χ1n) is 7.35. The van der Waals surface area contributed by atoms with Gasteiger partial charge in [-0.2, -0.15) is 0 Å². The third-order valence-corrected chi connectivity index (χ3v) is 3.78. The van der Waals surface area contributed by atoms with Crippen LogP contribution in [0.3, 0.4) is 0 Å². The fourth-order valence-corrected chi connectivity index (χ4v) is 2.84. The van der Waals surface area contributed by atoms with Crippen molar-refractivity contribution in [1.82, 2.24) is 10.2 Å². The van der Waals surface area contributed by atoms with Gasteiger partial charge >= 0.3 is 0 Å². The molecule has 1 atom stereocenters. The van der Waals surface area contributed by atoms with Gasteiger partial charge in [0.05, 0.1) is 6.61 Å². The van der Waals surface area contributed by atoms with E-state index in [1.54, 1.807) is 0 Å². The predicted octanol–water partition coefficient (Wildman–Crippen LogP) is 1.45. The van der Waals surface area contributed by atoms with Gasteiger partial charge in [-0.05, 0) is 24.0 Å². The molecule has 0 bridgehead atoms. The van der Waals surface area contributed by atoms with E-state index in [1.165, 1.54) is 11.1 Å². The predicted molar refractivity (Wildman–Crippen MR) is 79.4 cm³/mol. The zero-order chi connectivity index (χ0) is 13.7. The number of aliphatic hydroxyl groups excluding tert-OH is 1. The second-order valence-corrected chi connectivity index (χ2v) is 5.77.